The molecule has 3 nitrogen and oxygen atoms in total. The third-order valence-corrected chi connectivity index (χ3v) is 5.70. The topological polar surface area (TPSA) is 41.1 Å². The molecule has 0 spiro atoms. The van der Waals surface area contributed by atoms with E-state index >= 15 is 0 Å². The van der Waals surface area contributed by atoms with Crippen LogP contribution in [0, 0.1) is 23.2 Å². The Morgan fingerprint density at radius 3 is 2.06 bits per heavy atom. The molecular formula is C15H24N2O. The van der Waals surface area contributed by atoms with E-state index in [0.29, 0.717) is 11.5 Å². The highest BCUT2D eigenvalue weighted by molar-refractivity contribution is 5.74. The predicted octanol–water partition coefficient (Wildman–Crippen LogP) is 2.66. The largest absolute Gasteiger partial charge is 0.338 e. The van der Waals surface area contributed by atoms with Gasteiger partial charge in [0.05, 0.1) is 0 Å². The van der Waals surface area contributed by atoms with Crippen LogP contribution in [0.15, 0.2) is 0 Å². The molecule has 5 aliphatic carbocycles. The first-order chi connectivity index (χ1) is 8.71. The van der Waals surface area contributed by atoms with Gasteiger partial charge in [-0.2, -0.15) is 0 Å². The molecule has 0 unspecified atom stereocenters. The van der Waals surface area contributed by atoms with E-state index in [1.807, 2.05) is 0 Å². The summed E-state index contributed by atoms with van der Waals surface area (Å²) in [4.78, 5) is 11.8. The van der Waals surface area contributed by atoms with E-state index in [4.69, 9.17) is 0 Å². The zero-order valence-electron chi connectivity index (χ0n) is 11.1. The quantitative estimate of drug-likeness (QED) is 0.792. The van der Waals surface area contributed by atoms with E-state index in [2.05, 4.69) is 10.6 Å². The van der Waals surface area contributed by atoms with E-state index in [1.54, 1.807) is 0 Å². The minimum Gasteiger partial charge on any atom is -0.338 e. The van der Waals surface area contributed by atoms with Crippen LogP contribution in [0.5, 0.6) is 0 Å². The molecule has 100 valence electrons. The Labute approximate surface area is 109 Å². The molecule has 5 rings (SSSR count). The standard InChI is InChI=1S/C15H24N2O/c18-14(17-13-1-2-13)16-9-15-6-10-3-11(7-15)5-12(4-10)8-15/h10-13H,1-9H2,(H2,16,17,18). The van der Waals surface area contributed by atoms with Gasteiger partial charge in [-0.1, -0.05) is 0 Å². The first kappa shape index (κ1) is 11.1. The van der Waals surface area contributed by atoms with Crippen LogP contribution < -0.4 is 10.6 Å². The highest BCUT2D eigenvalue weighted by Crippen LogP contribution is 2.59. The molecule has 0 saturated heterocycles. The third-order valence-electron chi connectivity index (χ3n) is 5.70. The summed E-state index contributed by atoms with van der Waals surface area (Å²) < 4.78 is 0. The summed E-state index contributed by atoms with van der Waals surface area (Å²) in [7, 11) is 0. The van der Waals surface area contributed by atoms with E-state index in [-0.39, 0.29) is 6.03 Å². The maximum absolute atomic E-state index is 11.8. The van der Waals surface area contributed by atoms with Crippen molar-refractivity contribution in [3.63, 3.8) is 0 Å². The van der Waals surface area contributed by atoms with Crippen LogP contribution in [0.2, 0.25) is 0 Å². The number of nitrogens with one attached hydrogen (secondary N) is 2. The lowest BCUT2D eigenvalue weighted by Gasteiger charge is -2.56. The van der Waals surface area contributed by atoms with Gasteiger partial charge in [-0.15, -0.1) is 0 Å². The second kappa shape index (κ2) is 3.88. The maximum Gasteiger partial charge on any atom is 0.315 e. The van der Waals surface area contributed by atoms with Crippen molar-refractivity contribution >= 4 is 6.03 Å². The highest BCUT2D eigenvalue weighted by Gasteiger charge is 2.50. The van der Waals surface area contributed by atoms with Gasteiger partial charge in [0.2, 0.25) is 0 Å². The second-order valence-corrected chi connectivity index (χ2v) is 7.52. The molecule has 0 atom stereocenters. The van der Waals surface area contributed by atoms with Crippen molar-refractivity contribution in [2.24, 2.45) is 23.2 Å². The van der Waals surface area contributed by atoms with Gasteiger partial charge in [-0.3, -0.25) is 0 Å². The molecule has 5 saturated carbocycles. The molecular weight excluding hydrogens is 224 g/mol. The minimum atomic E-state index is 0.0771. The Morgan fingerprint density at radius 1 is 1.00 bits per heavy atom. The highest BCUT2D eigenvalue weighted by atomic mass is 16.2. The van der Waals surface area contributed by atoms with Gasteiger partial charge in [0.25, 0.3) is 0 Å². The molecule has 0 aromatic heterocycles. The fourth-order valence-electron chi connectivity index (χ4n) is 5.24. The fraction of sp³-hybridized carbons (Fsp3) is 0.933. The number of urea groups is 1. The average molecular weight is 248 g/mol. The van der Waals surface area contributed by atoms with Gasteiger partial charge < -0.3 is 10.6 Å². The van der Waals surface area contributed by atoms with Crippen LogP contribution >= 0.6 is 0 Å². The lowest BCUT2D eigenvalue weighted by molar-refractivity contribution is -0.0498. The summed E-state index contributed by atoms with van der Waals surface area (Å²) in [6.45, 7) is 0.926. The van der Waals surface area contributed by atoms with Crippen LogP contribution in [0.4, 0.5) is 4.79 Å². The summed E-state index contributed by atoms with van der Waals surface area (Å²) in [5, 5.41) is 6.20. The first-order valence-corrected chi connectivity index (χ1v) is 7.75. The van der Waals surface area contributed by atoms with Crippen LogP contribution in [0.3, 0.4) is 0 Å². The molecule has 2 N–H and O–H groups in total. The predicted molar refractivity (Wildman–Crippen MR) is 70.2 cm³/mol. The number of hydrogen-bond acceptors (Lipinski definition) is 1. The van der Waals surface area contributed by atoms with E-state index < -0.39 is 0 Å². The number of rotatable bonds is 3. The van der Waals surface area contributed by atoms with Crippen molar-refractivity contribution in [1.82, 2.24) is 10.6 Å². The second-order valence-electron chi connectivity index (χ2n) is 7.52. The molecule has 0 heterocycles. The Morgan fingerprint density at radius 2 is 1.56 bits per heavy atom. The number of hydrogen-bond donors (Lipinski definition) is 2. The Balaban J connectivity index is 1.36. The summed E-state index contributed by atoms with van der Waals surface area (Å²) in [6.07, 6.45) is 10.9. The molecule has 0 aromatic carbocycles. The van der Waals surface area contributed by atoms with Crippen molar-refractivity contribution < 1.29 is 4.79 Å². The number of amides is 2. The third kappa shape index (κ3) is 2.02. The number of carbonyl (C=O) groups is 1. The Bertz CT molecular complexity index is 326. The summed E-state index contributed by atoms with van der Waals surface area (Å²) in [5.41, 5.74) is 0.468. The zero-order valence-corrected chi connectivity index (χ0v) is 11.1. The van der Waals surface area contributed by atoms with Crippen molar-refractivity contribution in [3.05, 3.63) is 0 Å². The molecule has 2 amide bonds. The first-order valence-electron chi connectivity index (χ1n) is 7.75. The normalized spacial score (nSPS) is 45.0. The monoisotopic (exact) mass is 248 g/mol. The molecule has 3 heteroatoms. The van der Waals surface area contributed by atoms with Gasteiger partial charge in [-0.25, -0.2) is 4.79 Å². The molecule has 5 fully saturated rings. The van der Waals surface area contributed by atoms with Gasteiger partial charge in [0.15, 0.2) is 0 Å². The lowest BCUT2D eigenvalue weighted by Crippen LogP contribution is -2.52. The molecule has 0 aromatic rings. The Kier molecular flexibility index (Phi) is 2.40. The smallest absolute Gasteiger partial charge is 0.315 e. The van der Waals surface area contributed by atoms with Gasteiger partial charge in [0, 0.05) is 12.6 Å². The zero-order chi connectivity index (χ0) is 12.2. The molecule has 5 aliphatic rings. The molecule has 18 heavy (non-hydrogen) atoms. The lowest BCUT2D eigenvalue weighted by atomic mass is 9.49. The van der Waals surface area contributed by atoms with Gasteiger partial charge >= 0.3 is 6.03 Å². The van der Waals surface area contributed by atoms with Gasteiger partial charge in [0.1, 0.15) is 0 Å². The summed E-state index contributed by atoms with van der Waals surface area (Å²) in [5.74, 6) is 2.93. The van der Waals surface area contributed by atoms with Crippen molar-refractivity contribution in [2.75, 3.05) is 6.54 Å². The average Bonchev–Trinajstić information content (AvgIpc) is 3.09. The van der Waals surface area contributed by atoms with E-state index in [0.717, 1.165) is 24.3 Å². The SMILES string of the molecule is O=C(NCC12CC3CC(CC(C3)C1)C2)NC1CC1. The van der Waals surface area contributed by atoms with E-state index in [9.17, 15) is 4.79 Å². The van der Waals surface area contributed by atoms with Crippen LogP contribution in [-0.2, 0) is 0 Å². The summed E-state index contributed by atoms with van der Waals surface area (Å²) >= 11 is 0. The molecule has 4 bridgehead atoms. The van der Waals surface area contributed by atoms with E-state index in [1.165, 1.54) is 51.4 Å². The van der Waals surface area contributed by atoms with Crippen molar-refractivity contribution in [3.8, 4) is 0 Å². The molecule has 0 radical (unpaired) electrons. The molecule has 0 aliphatic heterocycles. The number of carbonyl (C=O) groups excluding carboxylic acids is 1. The minimum absolute atomic E-state index is 0.0771. The van der Waals surface area contributed by atoms with Crippen molar-refractivity contribution in [2.45, 2.75) is 57.4 Å². The van der Waals surface area contributed by atoms with Crippen LogP contribution in [0.25, 0.3) is 0 Å². The maximum atomic E-state index is 11.8. The Hall–Kier alpha value is -0.730. The summed E-state index contributed by atoms with van der Waals surface area (Å²) in [6, 6.07) is 0.551. The van der Waals surface area contributed by atoms with Crippen LogP contribution in [-0.4, -0.2) is 18.6 Å². The van der Waals surface area contributed by atoms with Gasteiger partial charge in [-0.05, 0) is 74.5 Å². The van der Waals surface area contributed by atoms with Crippen molar-refractivity contribution in [1.29, 1.82) is 0 Å². The fourth-order valence-corrected chi connectivity index (χ4v) is 5.24. The van der Waals surface area contributed by atoms with Crippen LogP contribution in [0.1, 0.15) is 51.4 Å².